The lowest BCUT2D eigenvalue weighted by Gasteiger charge is -2.16. The van der Waals surface area contributed by atoms with Crippen molar-refractivity contribution in [2.75, 3.05) is 6.54 Å². The van der Waals surface area contributed by atoms with Gasteiger partial charge in [0, 0.05) is 11.8 Å². The Kier molecular flexibility index (Phi) is 4.08. The van der Waals surface area contributed by atoms with E-state index in [4.69, 9.17) is 0 Å². The molecule has 0 spiro atoms. The van der Waals surface area contributed by atoms with Gasteiger partial charge in [-0.25, -0.2) is 9.82 Å². The molecule has 7 heteroatoms. The van der Waals surface area contributed by atoms with Crippen molar-refractivity contribution in [1.82, 2.24) is 10.9 Å². The second-order valence-corrected chi connectivity index (χ2v) is 4.43. The first-order valence-corrected chi connectivity index (χ1v) is 5.94. The number of aryl methyl sites for hydroxylation is 1. The first kappa shape index (κ1) is 14.5. The van der Waals surface area contributed by atoms with Crippen molar-refractivity contribution in [3.8, 4) is 0 Å². The zero-order chi connectivity index (χ0) is 14.8. The van der Waals surface area contributed by atoms with Crippen LogP contribution in [0.15, 0.2) is 30.0 Å². The molecule has 1 aliphatic rings. The topological polar surface area (TPSA) is 41.1 Å². The van der Waals surface area contributed by atoms with E-state index in [0.717, 1.165) is 12.1 Å². The fourth-order valence-electron chi connectivity index (χ4n) is 1.88. The van der Waals surface area contributed by atoms with Crippen LogP contribution in [-0.2, 0) is 17.4 Å². The predicted molar refractivity (Wildman–Crippen MR) is 64.0 cm³/mol. The standard InChI is InChI=1S/C13H12F4N2O/c14-12-5-8(2-4-11(12)13(15,16)17)1-3-9-6-10(20)7-18-19-9/h2,4-6,18-19H,1,3,7H2. The van der Waals surface area contributed by atoms with E-state index in [0.29, 0.717) is 24.1 Å². The number of alkyl halides is 3. The van der Waals surface area contributed by atoms with E-state index in [9.17, 15) is 22.4 Å². The number of allylic oxidation sites excluding steroid dienone is 1. The zero-order valence-corrected chi connectivity index (χ0v) is 10.4. The minimum atomic E-state index is -4.69. The van der Waals surface area contributed by atoms with Crippen molar-refractivity contribution in [3.05, 3.63) is 46.9 Å². The molecule has 1 aromatic carbocycles. The van der Waals surface area contributed by atoms with Crippen LogP contribution in [0.1, 0.15) is 17.5 Å². The molecule has 0 saturated heterocycles. The van der Waals surface area contributed by atoms with Gasteiger partial charge in [0.15, 0.2) is 5.78 Å². The highest BCUT2D eigenvalue weighted by atomic mass is 19.4. The highest BCUT2D eigenvalue weighted by Crippen LogP contribution is 2.31. The summed E-state index contributed by atoms with van der Waals surface area (Å²) in [5, 5.41) is 0. The van der Waals surface area contributed by atoms with Gasteiger partial charge in [-0.15, -0.1) is 0 Å². The van der Waals surface area contributed by atoms with Crippen LogP contribution in [0.3, 0.4) is 0 Å². The Hall–Kier alpha value is -1.89. The molecule has 0 unspecified atom stereocenters. The van der Waals surface area contributed by atoms with Crippen molar-refractivity contribution in [2.45, 2.75) is 19.0 Å². The molecule has 3 nitrogen and oxygen atoms in total. The summed E-state index contributed by atoms with van der Waals surface area (Å²) in [4.78, 5) is 11.1. The molecular formula is C13H12F4N2O. The first-order chi connectivity index (χ1) is 9.36. The summed E-state index contributed by atoms with van der Waals surface area (Å²) < 4.78 is 50.5. The third-order valence-corrected chi connectivity index (χ3v) is 2.87. The van der Waals surface area contributed by atoms with Crippen LogP contribution in [0.4, 0.5) is 17.6 Å². The maximum Gasteiger partial charge on any atom is 0.419 e. The largest absolute Gasteiger partial charge is 0.419 e. The number of ketones is 1. The molecule has 0 radical (unpaired) electrons. The number of carbonyl (C=O) groups is 1. The molecule has 1 aliphatic heterocycles. The van der Waals surface area contributed by atoms with Gasteiger partial charge in [0.1, 0.15) is 5.82 Å². The molecule has 0 aromatic heterocycles. The fraction of sp³-hybridized carbons (Fsp3) is 0.308. The lowest BCUT2D eigenvalue weighted by Crippen LogP contribution is -2.39. The van der Waals surface area contributed by atoms with Gasteiger partial charge in [-0.2, -0.15) is 13.2 Å². The van der Waals surface area contributed by atoms with Gasteiger partial charge >= 0.3 is 6.18 Å². The number of hydrogen-bond donors (Lipinski definition) is 2. The normalized spacial score (nSPS) is 15.8. The van der Waals surface area contributed by atoms with Crippen molar-refractivity contribution in [2.24, 2.45) is 0 Å². The zero-order valence-electron chi connectivity index (χ0n) is 10.4. The molecule has 0 aliphatic carbocycles. The van der Waals surface area contributed by atoms with Crippen molar-refractivity contribution < 1.29 is 22.4 Å². The summed E-state index contributed by atoms with van der Waals surface area (Å²) in [6.45, 7) is 0.193. The van der Waals surface area contributed by atoms with Gasteiger partial charge in [-0.3, -0.25) is 4.79 Å². The number of carbonyl (C=O) groups excluding carboxylic acids is 1. The van der Waals surface area contributed by atoms with Crippen LogP contribution in [0.2, 0.25) is 0 Å². The van der Waals surface area contributed by atoms with Gasteiger partial charge in [-0.1, -0.05) is 6.07 Å². The Balaban J connectivity index is 2.04. The summed E-state index contributed by atoms with van der Waals surface area (Å²) in [7, 11) is 0. The molecule has 0 amide bonds. The molecule has 20 heavy (non-hydrogen) atoms. The van der Waals surface area contributed by atoms with Gasteiger partial charge in [0.25, 0.3) is 0 Å². The Morgan fingerprint density at radius 1 is 1.20 bits per heavy atom. The summed E-state index contributed by atoms with van der Waals surface area (Å²) >= 11 is 0. The number of benzene rings is 1. The number of halogens is 4. The van der Waals surface area contributed by atoms with E-state index in [-0.39, 0.29) is 12.3 Å². The van der Waals surface area contributed by atoms with E-state index in [2.05, 4.69) is 10.9 Å². The first-order valence-electron chi connectivity index (χ1n) is 5.94. The van der Waals surface area contributed by atoms with E-state index in [1.165, 1.54) is 12.1 Å². The predicted octanol–water partition coefficient (Wildman–Crippen LogP) is 2.34. The maximum atomic E-state index is 13.4. The highest BCUT2D eigenvalue weighted by molar-refractivity contribution is 5.92. The Morgan fingerprint density at radius 3 is 2.55 bits per heavy atom. The summed E-state index contributed by atoms with van der Waals surface area (Å²) in [6.07, 6.45) is -2.52. The van der Waals surface area contributed by atoms with Crippen molar-refractivity contribution >= 4 is 5.78 Å². The smallest absolute Gasteiger partial charge is 0.325 e. The minimum absolute atomic E-state index is 0.0858. The van der Waals surface area contributed by atoms with E-state index >= 15 is 0 Å². The minimum Gasteiger partial charge on any atom is -0.325 e. The number of hydrazine groups is 1. The molecule has 2 rings (SSSR count). The van der Waals surface area contributed by atoms with Crippen molar-refractivity contribution in [3.63, 3.8) is 0 Å². The number of hydrogen-bond acceptors (Lipinski definition) is 3. The SMILES string of the molecule is O=C1C=C(CCc2ccc(C(F)(F)F)c(F)c2)NNC1. The maximum absolute atomic E-state index is 13.4. The lowest BCUT2D eigenvalue weighted by molar-refractivity contribution is -0.140. The second-order valence-electron chi connectivity index (χ2n) is 4.43. The summed E-state index contributed by atoms with van der Waals surface area (Å²) in [6, 6.07) is 2.85. The van der Waals surface area contributed by atoms with E-state index < -0.39 is 17.6 Å². The fourth-order valence-corrected chi connectivity index (χ4v) is 1.88. The average molecular weight is 288 g/mol. The van der Waals surface area contributed by atoms with Crippen LogP contribution in [0.5, 0.6) is 0 Å². The monoisotopic (exact) mass is 288 g/mol. The highest BCUT2D eigenvalue weighted by Gasteiger charge is 2.33. The summed E-state index contributed by atoms with van der Waals surface area (Å²) in [5.74, 6) is -1.37. The molecule has 0 fully saturated rings. The third-order valence-electron chi connectivity index (χ3n) is 2.87. The molecule has 1 aromatic rings. The van der Waals surface area contributed by atoms with E-state index in [1.54, 1.807) is 0 Å². The molecule has 0 bridgehead atoms. The number of nitrogens with one attached hydrogen (secondary N) is 2. The third kappa shape index (κ3) is 3.57. The van der Waals surface area contributed by atoms with E-state index in [1.807, 2.05) is 0 Å². The average Bonchev–Trinajstić information content (AvgIpc) is 2.35. The number of rotatable bonds is 3. The van der Waals surface area contributed by atoms with Gasteiger partial charge in [-0.05, 0) is 30.5 Å². The Morgan fingerprint density at radius 2 is 1.95 bits per heavy atom. The molecular weight excluding hydrogens is 276 g/mol. The molecule has 1 heterocycles. The molecule has 0 saturated carbocycles. The van der Waals surface area contributed by atoms with Crippen LogP contribution in [0.25, 0.3) is 0 Å². The van der Waals surface area contributed by atoms with Crippen LogP contribution in [-0.4, -0.2) is 12.3 Å². The molecule has 108 valence electrons. The van der Waals surface area contributed by atoms with Gasteiger partial charge in [0.05, 0.1) is 12.1 Å². The van der Waals surface area contributed by atoms with Gasteiger partial charge < -0.3 is 5.43 Å². The molecule has 0 atom stereocenters. The quantitative estimate of drug-likeness (QED) is 0.839. The Labute approximate surface area is 112 Å². The summed E-state index contributed by atoms with van der Waals surface area (Å²) in [5.41, 5.74) is 5.25. The lowest BCUT2D eigenvalue weighted by atomic mass is 10.0. The van der Waals surface area contributed by atoms with Gasteiger partial charge in [0.2, 0.25) is 0 Å². The second kappa shape index (κ2) is 5.62. The Bertz CT molecular complexity index is 552. The van der Waals surface area contributed by atoms with Crippen LogP contribution < -0.4 is 10.9 Å². The van der Waals surface area contributed by atoms with Crippen LogP contribution in [0, 0.1) is 5.82 Å². The van der Waals surface area contributed by atoms with Crippen LogP contribution >= 0.6 is 0 Å². The van der Waals surface area contributed by atoms with Crippen molar-refractivity contribution in [1.29, 1.82) is 0 Å². The molecule has 2 N–H and O–H groups in total.